The van der Waals surface area contributed by atoms with E-state index in [1.807, 2.05) is 0 Å². The fraction of sp³-hybridized carbons (Fsp3) is 0.200. The normalized spacial score (nSPS) is 13.8. The Bertz CT molecular complexity index is 145. The number of rotatable bonds is 1. The predicted octanol–water partition coefficient (Wildman–Crippen LogP) is 0.542. The highest BCUT2D eigenvalue weighted by atomic mass is 16.4. The van der Waals surface area contributed by atoms with Gasteiger partial charge < -0.3 is 9.52 Å². The van der Waals surface area contributed by atoms with Crippen molar-refractivity contribution in [2.45, 2.75) is 6.10 Å². The van der Waals surface area contributed by atoms with Gasteiger partial charge in [-0.25, -0.2) is 4.98 Å². The van der Waals surface area contributed by atoms with E-state index in [4.69, 9.17) is 5.11 Å². The maximum Gasteiger partial charge on any atom is 0.222 e. The molecule has 0 fully saturated rings. The summed E-state index contributed by atoms with van der Waals surface area (Å²) in [6.45, 7) is 3.28. The molecule has 1 radical (unpaired) electrons. The average Bonchev–Trinajstić information content (AvgIpc) is 2.12. The molecule has 0 saturated carbocycles. The van der Waals surface area contributed by atoms with Crippen molar-refractivity contribution in [3.63, 3.8) is 0 Å². The number of hydrogen-bond donors (Lipinski definition) is 1. The van der Waals surface area contributed by atoms with E-state index in [9.17, 15) is 0 Å². The van der Waals surface area contributed by atoms with E-state index >= 15 is 0 Å². The zero-order chi connectivity index (χ0) is 5.98. The zero-order valence-electron chi connectivity index (χ0n) is 4.24. The van der Waals surface area contributed by atoms with Crippen molar-refractivity contribution in [3.8, 4) is 0 Å². The van der Waals surface area contributed by atoms with Crippen LogP contribution in [-0.4, -0.2) is 10.1 Å². The Labute approximate surface area is 47.0 Å². The first-order chi connectivity index (χ1) is 3.80. The van der Waals surface area contributed by atoms with Gasteiger partial charge in [-0.3, -0.25) is 0 Å². The van der Waals surface area contributed by atoms with Gasteiger partial charge >= 0.3 is 0 Å². The van der Waals surface area contributed by atoms with Crippen LogP contribution in [0.5, 0.6) is 0 Å². The van der Waals surface area contributed by atoms with Crippen LogP contribution in [0, 0.1) is 6.92 Å². The van der Waals surface area contributed by atoms with Crippen molar-refractivity contribution in [1.82, 2.24) is 4.98 Å². The zero-order valence-corrected chi connectivity index (χ0v) is 4.24. The Balaban J connectivity index is 2.77. The predicted molar refractivity (Wildman–Crippen MR) is 26.8 cm³/mol. The molecule has 0 bridgehead atoms. The molecule has 0 aliphatic rings. The SMILES string of the molecule is [CH2]C(O)c1ncco1. The number of hydrogen-bond acceptors (Lipinski definition) is 3. The minimum absolute atomic E-state index is 0.255. The molecule has 1 atom stereocenters. The van der Waals surface area contributed by atoms with E-state index in [2.05, 4.69) is 16.3 Å². The standard InChI is InChI=1S/C5H6NO2/c1-4(7)5-6-2-3-8-5/h2-4,7H,1H2. The summed E-state index contributed by atoms with van der Waals surface area (Å²) in [6.07, 6.45) is 2.01. The quantitative estimate of drug-likeness (QED) is 0.576. The molecule has 3 nitrogen and oxygen atoms in total. The third-order valence-electron chi connectivity index (χ3n) is 0.736. The summed E-state index contributed by atoms with van der Waals surface area (Å²) < 4.78 is 4.67. The van der Waals surface area contributed by atoms with E-state index in [-0.39, 0.29) is 5.89 Å². The van der Waals surface area contributed by atoms with Gasteiger partial charge in [-0.15, -0.1) is 0 Å². The highest BCUT2D eigenvalue weighted by Gasteiger charge is 2.02. The lowest BCUT2D eigenvalue weighted by Gasteiger charge is -1.92. The number of aromatic nitrogens is 1. The first-order valence-electron chi connectivity index (χ1n) is 2.21. The van der Waals surface area contributed by atoms with Crippen LogP contribution in [0.1, 0.15) is 12.0 Å². The van der Waals surface area contributed by atoms with Gasteiger partial charge in [0, 0.05) is 0 Å². The maximum absolute atomic E-state index is 8.65. The van der Waals surface area contributed by atoms with Crippen LogP contribution in [0.2, 0.25) is 0 Å². The van der Waals surface area contributed by atoms with E-state index < -0.39 is 6.10 Å². The summed E-state index contributed by atoms with van der Waals surface area (Å²) in [5, 5.41) is 8.65. The smallest absolute Gasteiger partial charge is 0.222 e. The van der Waals surface area contributed by atoms with Crippen molar-refractivity contribution in [1.29, 1.82) is 0 Å². The molecule has 1 aromatic rings. The van der Waals surface area contributed by atoms with E-state index in [0.29, 0.717) is 0 Å². The van der Waals surface area contributed by atoms with Crippen LogP contribution >= 0.6 is 0 Å². The lowest BCUT2D eigenvalue weighted by molar-refractivity contribution is 0.188. The fourth-order valence-electron chi connectivity index (χ4n) is 0.399. The van der Waals surface area contributed by atoms with Gasteiger partial charge in [-0.1, -0.05) is 0 Å². The molecule has 3 heteroatoms. The average molecular weight is 112 g/mol. The van der Waals surface area contributed by atoms with E-state index in [1.165, 1.54) is 12.5 Å². The minimum atomic E-state index is -0.843. The highest BCUT2D eigenvalue weighted by Crippen LogP contribution is 2.05. The Morgan fingerprint density at radius 3 is 2.88 bits per heavy atom. The molecule has 1 heterocycles. The second kappa shape index (κ2) is 1.96. The summed E-state index contributed by atoms with van der Waals surface area (Å²) in [4.78, 5) is 3.64. The van der Waals surface area contributed by atoms with Crippen LogP contribution in [0.15, 0.2) is 16.9 Å². The number of oxazole rings is 1. The second-order valence-electron chi connectivity index (χ2n) is 1.39. The van der Waals surface area contributed by atoms with Gasteiger partial charge in [0.15, 0.2) is 0 Å². The van der Waals surface area contributed by atoms with Gasteiger partial charge in [-0.05, 0) is 6.92 Å². The van der Waals surface area contributed by atoms with Gasteiger partial charge in [0.05, 0.1) is 6.20 Å². The summed E-state index contributed by atoms with van der Waals surface area (Å²) in [6, 6.07) is 0. The Hall–Kier alpha value is -0.830. The van der Waals surface area contributed by atoms with Crippen LogP contribution in [0.4, 0.5) is 0 Å². The van der Waals surface area contributed by atoms with Crippen LogP contribution in [0.3, 0.4) is 0 Å². The Morgan fingerprint density at radius 2 is 2.62 bits per heavy atom. The summed E-state index contributed by atoms with van der Waals surface area (Å²) in [5.74, 6) is 0.255. The van der Waals surface area contributed by atoms with Gasteiger partial charge in [0.1, 0.15) is 12.4 Å². The number of nitrogens with zero attached hydrogens (tertiary/aromatic N) is 1. The molecule has 0 aromatic carbocycles. The molecule has 0 spiro atoms. The van der Waals surface area contributed by atoms with Crippen molar-refractivity contribution in [2.75, 3.05) is 0 Å². The first-order valence-corrected chi connectivity index (χ1v) is 2.21. The largest absolute Gasteiger partial charge is 0.446 e. The first kappa shape index (κ1) is 5.31. The fourth-order valence-corrected chi connectivity index (χ4v) is 0.399. The highest BCUT2D eigenvalue weighted by molar-refractivity contribution is 4.85. The summed E-state index contributed by atoms with van der Waals surface area (Å²) in [7, 11) is 0. The van der Waals surface area contributed by atoms with Gasteiger partial charge in [0.25, 0.3) is 0 Å². The van der Waals surface area contributed by atoms with Crippen molar-refractivity contribution in [3.05, 3.63) is 25.3 Å². The van der Waals surface area contributed by atoms with Crippen molar-refractivity contribution >= 4 is 0 Å². The molecule has 8 heavy (non-hydrogen) atoms. The molecule has 0 amide bonds. The third kappa shape index (κ3) is 0.869. The van der Waals surface area contributed by atoms with Crippen molar-refractivity contribution in [2.24, 2.45) is 0 Å². The topological polar surface area (TPSA) is 46.3 Å². The Kier molecular flexibility index (Phi) is 1.30. The molecule has 0 aliphatic heterocycles. The second-order valence-corrected chi connectivity index (χ2v) is 1.39. The molecule has 1 N–H and O–H groups in total. The summed E-state index contributed by atoms with van der Waals surface area (Å²) in [5.41, 5.74) is 0. The Morgan fingerprint density at radius 1 is 1.88 bits per heavy atom. The molecule has 0 aliphatic carbocycles. The van der Waals surface area contributed by atoms with Crippen LogP contribution in [0.25, 0.3) is 0 Å². The molecule has 1 aromatic heterocycles. The lowest BCUT2D eigenvalue weighted by atomic mass is 10.4. The van der Waals surface area contributed by atoms with Gasteiger partial charge in [0.2, 0.25) is 5.89 Å². The monoisotopic (exact) mass is 112 g/mol. The molecule has 0 saturated heterocycles. The molecule has 1 rings (SSSR count). The van der Waals surface area contributed by atoms with E-state index in [1.54, 1.807) is 0 Å². The van der Waals surface area contributed by atoms with Crippen LogP contribution < -0.4 is 0 Å². The van der Waals surface area contributed by atoms with Crippen LogP contribution in [-0.2, 0) is 0 Å². The van der Waals surface area contributed by atoms with Crippen molar-refractivity contribution < 1.29 is 9.52 Å². The third-order valence-corrected chi connectivity index (χ3v) is 0.736. The minimum Gasteiger partial charge on any atom is -0.446 e. The number of aliphatic hydroxyl groups excluding tert-OH is 1. The lowest BCUT2D eigenvalue weighted by Crippen LogP contribution is -1.89. The van der Waals surface area contributed by atoms with E-state index in [0.717, 1.165) is 0 Å². The van der Waals surface area contributed by atoms with Gasteiger partial charge in [-0.2, -0.15) is 0 Å². The number of aliphatic hydroxyl groups is 1. The molecular weight excluding hydrogens is 106 g/mol. The molecule has 1 unspecified atom stereocenters. The maximum atomic E-state index is 8.65. The molecular formula is C5H6NO2. The summed E-state index contributed by atoms with van der Waals surface area (Å²) >= 11 is 0. The molecule has 43 valence electrons.